The second-order valence-corrected chi connectivity index (χ2v) is 4.12. The van der Waals surface area contributed by atoms with Gasteiger partial charge in [-0.3, -0.25) is 4.79 Å². The minimum absolute atomic E-state index is 0.276. The second kappa shape index (κ2) is 3.11. The van der Waals surface area contributed by atoms with Crippen molar-refractivity contribution >= 4 is 17.8 Å². The quantitative estimate of drug-likeness (QED) is 0.584. The zero-order valence-electron chi connectivity index (χ0n) is 8.53. The van der Waals surface area contributed by atoms with Gasteiger partial charge in [0.05, 0.1) is 5.41 Å². The number of carbonyl (C=O) groups excluding carboxylic acids is 1. The van der Waals surface area contributed by atoms with Crippen LogP contribution < -0.4 is 16.4 Å². The first-order valence-electron chi connectivity index (χ1n) is 4.74. The number of carbonyl (C=O) groups is 1. The number of nitrogens with zero attached hydrogens (tertiary/aromatic N) is 3. The number of amides is 1. The van der Waals surface area contributed by atoms with E-state index in [1.165, 1.54) is 0 Å². The summed E-state index contributed by atoms with van der Waals surface area (Å²) in [7, 11) is 0. The van der Waals surface area contributed by atoms with E-state index in [1.807, 2.05) is 11.8 Å². The zero-order chi connectivity index (χ0) is 11.1. The molecule has 0 aromatic carbocycles. The number of nitrogens with one attached hydrogen (secondary N) is 1. The van der Waals surface area contributed by atoms with Crippen molar-refractivity contribution < 1.29 is 4.79 Å². The highest BCUT2D eigenvalue weighted by atomic mass is 16.1. The molecule has 1 unspecified atom stereocenters. The third kappa shape index (κ3) is 1.60. The topological polar surface area (TPSA) is 114 Å². The van der Waals surface area contributed by atoms with Gasteiger partial charge in [0.1, 0.15) is 0 Å². The number of aromatic nitrogens is 3. The molecule has 1 aromatic rings. The molecule has 0 radical (unpaired) electrons. The third-order valence-corrected chi connectivity index (χ3v) is 2.84. The molecule has 0 bridgehead atoms. The van der Waals surface area contributed by atoms with Gasteiger partial charge in [-0.25, -0.2) is 5.10 Å². The summed E-state index contributed by atoms with van der Waals surface area (Å²) >= 11 is 0. The van der Waals surface area contributed by atoms with E-state index in [0.717, 1.165) is 13.0 Å². The molecule has 1 aliphatic heterocycles. The van der Waals surface area contributed by atoms with E-state index in [4.69, 9.17) is 11.5 Å². The average Bonchev–Trinajstić information content (AvgIpc) is 2.73. The Morgan fingerprint density at radius 2 is 2.40 bits per heavy atom. The number of rotatable bonds is 2. The fourth-order valence-corrected chi connectivity index (χ4v) is 1.74. The van der Waals surface area contributed by atoms with Gasteiger partial charge in [-0.05, 0) is 13.3 Å². The fourth-order valence-electron chi connectivity index (χ4n) is 1.74. The maximum atomic E-state index is 11.2. The van der Waals surface area contributed by atoms with Crippen molar-refractivity contribution in [3.05, 3.63) is 0 Å². The van der Waals surface area contributed by atoms with Gasteiger partial charge in [-0.15, -0.1) is 5.10 Å². The van der Waals surface area contributed by atoms with Gasteiger partial charge in [-0.1, -0.05) is 0 Å². The van der Waals surface area contributed by atoms with Crippen LogP contribution in [0.2, 0.25) is 0 Å². The first kappa shape index (κ1) is 9.75. The Morgan fingerprint density at radius 1 is 1.67 bits per heavy atom. The summed E-state index contributed by atoms with van der Waals surface area (Å²) in [6.07, 6.45) is 0.719. The van der Waals surface area contributed by atoms with Crippen molar-refractivity contribution in [1.82, 2.24) is 15.2 Å². The van der Waals surface area contributed by atoms with Crippen LogP contribution in [-0.2, 0) is 4.79 Å². The van der Waals surface area contributed by atoms with Crippen LogP contribution in [-0.4, -0.2) is 34.2 Å². The van der Waals surface area contributed by atoms with Crippen molar-refractivity contribution in [3.8, 4) is 0 Å². The molecule has 2 heterocycles. The van der Waals surface area contributed by atoms with Crippen LogP contribution in [0.1, 0.15) is 13.3 Å². The fraction of sp³-hybridized carbons (Fsp3) is 0.625. The third-order valence-electron chi connectivity index (χ3n) is 2.84. The number of hydrogen-bond acceptors (Lipinski definition) is 5. The summed E-state index contributed by atoms with van der Waals surface area (Å²) < 4.78 is 0. The van der Waals surface area contributed by atoms with Crippen molar-refractivity contribution in [2.24, 2.45) is 11.1 Å². The molecule has 1 amide bonds. The Kier molecular flexibility index (Phi) is 2.02. The molecule has 2 rings (SSSR count). The Hall–Kier alpha value is -1.79. The molecule has 0 spiro atoms. The summed E-state index contributed by atoms with van der Waals surface area (Å²) in [5.74, 6) is 0.517. The lowest BCUT2D eigenvalue weighted by molar-refractivity contribution is -0.125. The first-order valence-corrected chi connectivity index (χ1v) is 4.74. The van der Waals surface area contributed by atoms with Gasteiger partial charge < -0.3 is 16.4 Å². The van der Waals surface area contributed by atoms with Crippen LogP contribution in [0, 0.1) is 5.41 Å². The van der Waals surface area contributed by atoms with Crippen LogP contribution in [0.25, 0.3) is 0 Å². The van der Waals surface area contributed by atoms with E-state index in [2.05, 4.69) is 15.2 Å². The molecule has 5 N–H and O–H groups in total. The lowest BCUT2D eigenvalue weighted by atomic mass is 9.89. The summed E-state index contributed by atoms with van der Waals surface area (Å²) in [6, 6.07) is 0. The van der Waals surface area contributed by atoms with Gasteiger partial charge in [0, 0.05) is 13.1 Å². The minimum Gasteiger partial charge on any atom is -0.369 e. The Balaban J connectivity index is 2.14. The number of nitrogen functional groups attached to an aromatic ring is 1. The molecule has 1 aromatic heterocycles. The molecule has 1 saturated heterocycles. The van der Waals surface area contributed by atoms with Crippen LogP contribution in [0.5, 0.6) is 0 Å². The van der Waals surface area contributed by atoms with Gasteiger partial charge in [0.2, 0.25) is 17.8 Å². The van der Waals surface area contributed by atoms with Crippen molar-refractivity contribution in [2.75, 3.05) is 23.7 Å². The number of aromatic amines is 1. The summed E-state index contributed by atoms with van der Waals surface area (Å²) in [4.78, 5) is 17.1. The number of H-pyrrole nitrogens is 1. The average molecular weight is 210 g/mol. The molecule has 82 valence electrons. The predicted octanol–water partition coefficient (Wildman–Crippen LogP) is -0.911. The normalized spacial score (nSPS) is 25.8. The lowest BCUT2D eigenvalue weighted by Gasteiger charge is -2.19. The standard InChI is InChI=1S/C8H14N6O/c1-8(5(9)15)2-3-14(4-8)7-11-6(10)12-13-7/h2-4H2,1H3,(H2,9,15)(H3,10,11,12,13). The summed E-state index contributed by atoms with van der Waals surface area (Å²) in [5, 5.41) is 6.50. The van der Waals surface area contributed by atoms with Gasteiger partial charge in [0.15, 0.2) is 0 Å². The molecule has 0 saturated carbocycles. The summed E-state index contributed by atoms with van der Waals surface area (Å²) in [5.41, 5.74) is 10.3. The molecule has 1 atom stereocenters. The number of primary amides is 1. The van der Waals surface area contributed by atoms with Crippen LogP contribution in [0.3, 0.4) is 0 Å². The van der Waals surface area contributed by atoms with E-state index in [0.29, 0.717) is 12.5 Å². The molecular formula is C8H14N6O. The Bertz CT molecular complexity index is 388. The van der Waals surface area contributed by atoms with Gasteiger partial charge >= 0.3 is 0 Å². The van der Waals surface area contributed by atoms with E-state index in [1.54, 1.807) is 0 Å². The van der Waals surface area contributed by atoms with Crippen molar-refractivity contribution in [3.63, 3.8) is 0 Å². The van der Waals surface area contributed by atoms with Crippen molar-refractivity contribution in [2.45, 2.75) is 13.3 Å². The molecule has 1 fully saturated rings. The van der Waals surface area contributed by atoms with Crippen LogP contribution >= 0.6 is 0 Å². The van der Waals surface area contributed by atoms with Crippen LogP contribution in [0.15, 0.2) is 0 Å². The number of hydrogen-bond donors (Lipinski definition) is 3. The SMILES string of the molecule is CC1(C(N)=O)CCN(c2n[nH]c(N)n2)C1. The Morgan fingerprint density at radius 3 is 2.87 bits per heavy atom. The maximum Gasteiger partial charge on any atom is 0.246 e. The Labute approximate surface area is 86.8 Å². The molecule has 7 nitrogen and oxygen atoms in total. The van der Waals surface area contributed by atoms with Crippen LogP contribution in [0.4, 0.5) is 11.9 Å². The van der Waals surface area contributed by atoms with Crippen molar-refractivity contribution in [1.29, 1.82) is 0 Å². The highest BCUT2D eigenvalue weighted by molar-refractivity contribution is 5.81. The van der Waals surface area contributed by atoms with E-state index in [-0.39, 0.29) is 11.9 Å². The summed E-state index contributed by atoms with van der Waals surface area (Å²) in [6.45, 7) is 3.11. The monoisotopic (exact) mass is 210 g/mol. The first-order chi connectivity index (χ1) is 7.01. The lowest BCUT2D eigenvalue weighted by Crippen LogP contribution is -2.37. The predicted molar refractivity (Wildman–Crippen MR) is 54.9 cm³/mol. The maximum absolute atomic E-state index is 11.2. The number of anilines is 2. The van der Waals surface area contributed by atoms with E-state index in [9.17, 15) is 4.79 Å². The molecule has 7 heteroatoms. The smallest absolute Gasteiger partial charge is 0.246 e. The zero-order valence-corrected chi connectivity index (χ0v) is 8.53. The second-order valence-electron chi connectivity index (χ2n) is 4.12. The van der Waals surface area contributed by atoms with Gasteiger partial charge in [-0.2, -0.15) is 4.98 Å². The molecular weight excluding hydrogens is 196 g/mol. The van der Waals surface area contributed by atoms with Gasteiger partial charge in [0.25, 0.3) is 0 Å². The van der Waals surface area contributed by atoms with E-state index < -0.39 is 5.41 Å². The highest BCUT2D eigenvalue weighted by Crippen LogP contribution is 2.31. The molecule has 1 aliphatic rings. The highest BCUT2D eigenvalue weighted by Gasteiger charge is 2.39. The number of nitrogens with two attached hydrogens (primary N) is 2. The molecule has 15 heavy (non-hydrogen) atoms. The largest absolute Gasteiger partial charge is 0.369 e. The van der Waals surface area contributed by atoms with E-state index >= 15 is 0 Å². The molecule has 0 aliphatic carbocycles. The minimum atomic E-state index is -0.491.